The summed E-state index contributed by atoms with van der Waals surface area (Å²) in [5.74, 6) is 0. The van der Waals surface area contributed by atoms with Crippen molar-refractivity contribution in [3.05, 3.63) is 12.8 Å². The highest BCUT2D eigenvalue weighted by atomic mass is 16.5. The molecule has 1 aliphatic rings. The third-order valence-corrected chi connectivity index (χ3v) is 2.61. The first kappa shape index (κ1) is 8.63. The molecule has 0 spiro atoms. The summed E-state index contributed by atoms with van der Waals surface area (Å²) in [6.07, 6.45) is 8.35. The summed E-state index contributed by atoms with van der Waals surface area (Å²) in [5, 5.41) is 0. The van der Waals surface area contributed by atoms with Crippen LogP contribution >= 0.6 is 0 Å². The van der Waals surface area contributed by atoms with E-state index in [2.05, 4.69) is 13.5 Å². The highest BCUT2D eigenvalue weighted by Gasteiger charge is 2.26. The second kappa shape index (κ2) is 3.80. The van der Waals surface area contributed by atoms with Gasteiger partial charge in [0.15, 0.2) is 0 Å². The van der Waals surface area contributed by atoms with E-state index in [1.54, 1.807) is 6.26 Å². The molecule has 0 aromatic heterocycles. The molecule has 64 valence electrons. The molecule has 1 heteroatoms. The van der Waals surface area contributed by atoms with E-state index >= 15 is 0 Å². The van der Waals surface area contributed by atoms with Crippen molar-refractivity contribution < 1.29 is 4.74 Å². The van der Waals surface area contributed by atoms with Crippen molar-refractivity contribution in [3.63, 3.8) is 0 Å². The summed E-state index contributed by atoms with van der Waals surface area (Å²) in [6, 6.07) is 0. The first-order valence-electron chi connectivity index (χ1n) is 4.49. The smallest absolute Gasteiger partial charge is 0.0926 e. The van der Waals surface area contributed by atoms with E-state index in [0.717, 1.165) is 6.61 Å². The van der Waals surface area contributed by atoms with Crippen LogP contribution in [0.2, 0.25) is 0 Å². The van der Waals surface area contributed by atoms with Crippen molar-refractivity contribution in [3.8, 4) is 0 Å². The van der Waals surface area contributed by atoms with Crippen molar-refractivity contribution in [2.24, 2.45) is 5.41 Å². The number of ether oxygens (including phenoxy) is 1. The quantitative estimate of drug-likeness (QED) is 0.567. The van der Waals surface area contributed by atoms with Gasteiger partial charge in [0.25, 0.3) is 0 Å². The Morgan fingerprint density at radius 1 is 1.36 bits per heavy atom. The molecule has 0 saturated heterocycles. The van der Waals surface area contributed by atoms with E-state index in [1.807, 2.05) is 0 Å². The maximum Gasteiger partial charge on any atom is 0.0926 e. The van der Waals surface area contributed by atoms with Crippen molar-refractivity contribution in [2.45, 2.75) is 39.0 Å². The van der Waals surface area contributed by atoms with Gasteiger partial charge in [0.1, 0.15) is 0 Å². The summed E-state index contributed by atoms with van der Waals surface area (Å²) >= 11 is 0. The van der Waals surface area contributed by atoms with Gasteiger partial charge in [0.2, 0.25) is 0 Å². The van der Waals surface area contributed by atoms with Gasteiger partial charge >= 0.3 is 0 Å². The average molecular weight is 154 g/mol. The van der Waals surface area contributed by atoms with Crippen LogP contribution in [-0.4, -0.2) is 6.61 Å². The second-order valence-electron chi connectivity index (χ2n) is 3.85. The second-order valence-corrected chi connectivity index (χ2v) is 3.85. The Labute approximate surface area is 69.4 Å². The lowest BCUT2D eigenvalue weighted by atomic mass is 9.76. The zero-order chi connectivity index (χ0) is 8.16. The van der Waals surface area contributed by atoms with Crippen LogP contribution < -0.4 is 0 Å². The maximum atomic E-state index is 5.24. The minimum Gasteiger partial charge on any atom is -0.501 e. The highest BCUT2D eigenvalue weighted by molar-refractivity contribution is 4.78. The van der Waals surface area contributed by atoms with E-state index in [-0.39, 0.29) is 0 Å². The largest absolute Gasteiger partial charge is 0.501 e. The van der Waals surface area contributed by atoms with Gasteiger partial charge in [-0.2, -0.15) is 0 Å². The fraction of sp³-hybridized carbons (Fsp3) is 0.800. The SMILES string of the molecule is C=COCC1(C)CCCCC1. The van der Waals surface area contributed by atoms with Crippen molar-refractivity contribution >= 4 is 0 Å². The molecule has 0 unspecified atom stereocenters. The van der Waals surface area contributed by atoms with E-state index in [9.17, 15) is 0 Å². The van der Waals surface area contributed by atoms with Crippen molar-refractivity contribution in [1.29, 1.82) is 0 Å². The number of hydrogen-bond donors (Lipinski definition) is 0. The summed E-state index contributed by atoms with van der Waals surface area (Å²) in [7, 11) is 0. The first-order valence-corrected chi connectivity index (χ1v) is 4.49. The third-order valence-electron chi connectivity index (χ3n) is 2.61. The fourth-order valence-corrected chi connectivity index (χ4v) is 1.81. The molecule has 0 aliphatic heterocycles. The summed E-state index contributed by atoms with van der Waals surface area (Å²) in [5.41, 5.74) is 0.437. The molecule has 1 rings (SSSR count). The molecule has 0 radical (unpaired) electrons. The molecule has 1 nitrogen and oxygen atoms in total. The molecule has 0 aromatic carbocycles. The standard InChI is InChI=1S/C10H18O/c1-3-11-9-10(2)7-5-4-6-8-10/h3H,1,4-9H2,2H3. The van der Waals surface area contributed by atoms with Gasteiger partial charge in [-0.15, -0.1) is 0 Å². The van der Waals surface area contributed by atoms with Gasteiger partial charge in [0, 0.05) is 5.41 Å². The van der Waals surface area contributed by atoms with E-state index < -0.39 is 0 Å². The Morgan fingerprint density at radius 3 is 2.55 bits per heavy atom. The molecule has 0 atom stereocenters. The minimum absolute atomic E-state index is 0.437. The molecule has 1 aliphatic carbocycles. The minimum atomic E-state index is 0.437. The lowest BCUT2D eigenvalue weighted by Gasteiger charge is -2.32. The van der Waals surface area contributed by atoms with Crippen molar-refractivity contribution in [2.75, 3.05) is 6.61 Å². The normalized spacial score (nSPS) is 22.6. The monoisotopic (exact) mass is 154 g/mol. The zero-order valence-corrected chi connectivity index (χ0v) is 7.44. The number of rotatable bonds is 3. The molecule has 0 heterocycles. The molecule has 0 N–H and O–H groups in total. The molecular weight excluding hydrogens is 136 g/mol. The average Bonchev–Trinajstić information content (AvgIpc) is 2.03. The van der Waals surface area contributed by atoms with Gasteiger partial charge < -0.3 is 4.74 Å². The number of hydrogen-bond acceptors (Lipinski definition) is 1. The van der Waals surface area contributed by atoms with Crippen LogP contribution in [0.15, 0.2) is 12.8 Å². The molecule has 0 amide bonds. The lowest BCUT2D eigenvalue weighted by molar-refractivity contribution is 0.0869. The topological polar surface area (TPSA) is 9.23 Å². The van der Waals surface area contributed by atoms with Crippen LogP contribution in [0.4, 0.5) is 0 Å². The van der Waals surface area contributed by atoms with Gasteiger partial charge in [-0.3, -0.25) is 0 Å². The van der Waals surface area contributed by atoms with Gasteiger partial charge in [-0.25, -0.2) is 0 Å². The van der Waals surface area contributed by atoms with Crippen LogP contribution in [0.1, 0.15) is 39.0 Å². The molecule has 1 fully saturated rings. The maximum absolute atomic E-state index is 5.24. The fourth-order valence-electron chi connectivity index (χ4n) is 1.81. The van der Waals surface area contributed by atoms with Crippen molar-refractivity contribution in [1.82, 2.24) is 0 Å². The van der Waals surface area contributed by atoms with Crippen LogP contribution in [0.5, 0.6) is 0 Å². The van der Waals surface area contributed by atoms with Crippen LogP contribution in [0.25, 0.3) is 0 Å². The predicted molar refractivity (Wildman–Crippen MR) is 47.3 cm³/mol. The summed E-state index contributed by atoms with van der Waals surface area (Å²) in [4.78, 5) is 0. The van der Waals surface area contributed by atoms with E-state index in [0.29, 0.717) is 5.41 Å². The third kappa shape index (κ3) is 2.57. The predicted octanol–water partition coefficient (Wildman–Crippen LogP) is 3.12. The molecular formula is C10H18O. The summed E-state index contributed by atoms with van der Waals surface area (Å²) < 4.78 is 5.24. The van der Waals surface area contributed by atoms with Crippen LogP contribution in [-0.2, 0) is 4.74 Å². The molecule has 1 saturated carbocycles. The Hall–Kier alpha value is -0.460. The van der Waals surface area contributed by atoms with Gasteiger partial charge in [0.05, 0.1) is 12.9 Å². The Balaban J connectivity index is 2.30. The first-order chi connectivity index (χ1) is 5.27. The van der Waals surface area contributed by atoms with Crippen LogP contribution in [0.3, 0.4) is 0 Å². The molecule has 0 aromatic rings. The van der Waals surface area contributed by atoms with Gasteiger partial charge in [-0.1, -0.05) is 32.8 Å². The lowest BCUT2D eigenvalue weighted by Crippen LogP contribution is -2.25. The Morgan fingerprint density at radius 2 is 2.00 bits per heavy atom. The molecule has 0 bridgehead atoms. The summed E-state index contributed by atoms with van der Waals surface area (Å²) in [6.45, 7) is 6.73. The van der Waals surface area contributed by atoms with Gasteiger partial charge in [-0.05, 0) is 12.8 Å². The molecule has 11 heavy (non-hydrogen) atoms. The Kier molecular flexibility index (Phi) is 2.98. The Bertz CT molecular complexity index is 123. The zero-order valence-electron chi connectivity index (χ0n) is 7.44. The van der Waals surface area contributed by atoms with E-state index in [1.165, 1.54) is 32.1 Å². The van der Waals surface area contributed by atoms with E-state index in [4.69, 9.17) is 4.74 Å². The van der Waals surface area contributed by atoms with Crippen LogP contribution in [0, 0.1) is 5.41 Å². The highest BCUT2D eigenvalue weighted by Crippen LogP contribution is 2.35.